The zero-order valence-electron chi connectivity index (χ0n) is 9.10. The van der Waals surface area contributed by atoms with Gasteiger partial charge in [0.1, 0.15) is 6.54 Å². The normalized spacial score (nSPS) is 20.5. The average molecular weight is 239 g/mol. The standard InChI is InChI=1S/C9H16F3N3O/c1-7(15-4-2-13-3-5-15)8(16)14-6-9(10,11)12/h7,13H,2-6H2,1H3,(H,14,16). The second kappa shape index (κ2) is 5.49. The van der Waals surface area contributed by atoms with Crippen LogP contribution in [0.15, 0.2) is 0 Å². The molecule has 7 heteroatoms. The number of hydrogen-bond donors (Lipinski definition) is 2. The molecule has 1 fully saturated rings. The summed E-state index contributed by atoms with van der Waals surface area (Å²) in [6.07, 6.45) is -4.35. The molecule has 1 rings (SSSR count). The second-order valence-electron chi connectivity index (χ2n) is 3.79. The van der Waals surface area contributed by atoms with Gasteiger partial charge >= 0.3 is 6.18 Å². The van der Waals surface area contributed by atoms with Crippen LogP contribution in [0.25, 0.3) is 0 Å². The summed E-state index contributed by atoms with van der Waals surface area (Å²) < 4.78 is 35.6. The Morgan fingerprint density at radius 2 is 2.00 bits per heavy atom. The molecule has 0 aromatic heterocycles. The molecular weight excluding hydrogens is 223 g/mol. The third-order valence-corrected chi connectivity index (χ3v) is 2.54. The molecule has 0 spiro atoms. The van der Waals surface area contributed by atoms with Crippen molar-refractivity contribution >= 4 is 5.91 Å². The summed E-state index contributed by atoms with van der Waals surface area (Å²) in [4.78, 5) is 13.3. The van der Waals surface area contributed by atoms with E-state index in [4.69, 9.17) is 0 Å². The van der Waals surface area contributed by atoms with Crippen LogP contribution in [0, 0.1) is 0 Å². The largest absolute Gasteiger partial charge is 0.405 e. The van der Waals surface area contributed by atoms with Crippen LogP contribution in [0.2, 0.25) is 0 Å². The average Bonchev–Trinajstić information content (AvgIpc) is 2.25. The fourth-order valence-electron chi connectivity index (χ4n) is 1.57. The van der Waals surface area contributed by atoms with Gasteiger partial charge in [-0.1, -0.05) is 0 Å². The van der Waals surface area contributed by atoms with Crippen LogP contribution in [0.3, 0.4) is 0 Å². The molecule has 1 unspecified atom stereocenters. The maximum atomic E-state index is 11.9. The van der Waals surface area contributed by atoms with Crippen molar-refractivity contribution < 1.29 is 18.0 Å². The summed E-state index contributed by atoms with van der Waals surface area (Å²) in [5.41, 5.74) is 0. The smallest absolute Gasteiger partial charge is 0.346 e. The Kier molecular flexibility index (Phi) is 4.55. The molecule has 0 aromatic rings. The number of rotatable bonds is 3. The third kappa shape index (κ3) is 4.36. The van der Waals surface area contributed by atoms with E-state index in [1.54, 1.807) is 6.92 Å². The first-order valence-electron chi connectivity index (χ1n) is 5.19. The molecule has 94 valence electrons. The Labute approximate surface area is 92.2 Å². The van der Waals surface area contributed by atoms with Gasteiger partial charge in [0, 0.05) is 26.2 Å². The predicted octanol–water partition coefficient (Wildman–Crippen LogP) is -0.0414. The zero-order chi connectivity index (χ0) is 12.2. The molecule has 0 aliphatic carbocycles. The van der Waals surface area contributed by atoms with E-state index < -0.39 is 24.7 Å². The molecule has 1 saturated heterocycles. The quantitative estimate of drug-likeness (QED) is 0.726. The van der Waals surface area contributed by atoms with Gasteiger partial charge in [0.05, 0.1) is 6.04 Å². The van der Waals surface area contributed by atoms with Crippen molar-refractivity contribution in [3.05, 3.63) is 0 Å². The number of piperazine rings is 1. The van der Waals surface area contributed by atoms with Crippen LogP contribution < -0.4 is 10.6 Å². The molecule has 1 atom stereocenters. The summed E-state index contributed by atoms with van der Waals surface area (Å²) in [5.74, 6) is -0.570. The van der Waals surface area contributed by atoms with Gasteiger partial charge in [-0.15, -0.1) is 0 Å². The van der Waals surface area contributed by atoms with Gasteiger partial charge in [0.15, 0.2) is 0 Å². The number of halogens is 3. The van der Waals surface area contributed by atoms with Crippen molar-refractivity contribution in [1.82, 2.24) is 15.5 Å². The highest BCUT2D eigenvalue weighted by Crippen LogP contribution is 2.12. The molecule has 1 aliphatic rings. The Morgan fingerprint density at radius 1 is 1.44 bits per heavy atom. The van der Waals surface area contributed by atoms with E-state index in [0.29, 0.717) is 13.1 Å². The first-order valence-corrected chi connectivity index (χ1v) is 5.19. The van der Waals surface area contributed by atoms with E-state index in [-0.39, 0.29) is 0 Å². The number of hydrogen-bond acceptors (Lipinski definition) is 3. The predicted molar refractivity (Wildman–Crippen MR) is 53.0 cm³/mol. The minimum absolute atomic E-state index is 0.510. The molecule has 1 heterocycles. The summed E-state index contributed by atoms with van der Waals surface area (Å²) in [5, 5.41) is 5.01. The highest BCUT2D eigenvalue weighted by Gasteiger charge is 2.30. The molecule has 0 bridgehead atoms. The highest BCUT2D eigenvalue weighted by atomic mass is 19.4. The van der Waals surface area contributed by atoms with Crippen molar-refractivity contribution in [2.75, 3.05) is 32.7 Å². The van der Waals surface area contributed by atoms with Crippen LogP contribution in [0.1, 0.15) is 6.92 Å². The molecule has 0 saturated carbocycles. The lowest BCUT2D eigenvalue weighted by Crippen LogP contribution is -2.53. The number of amides is 1. The Balaban J connectivity index is 2.34. The van der Waals surface area contributed by atoms with E-state index in [0.717, 1.165) is 13.1 Å². The van der Waals surface area contributed by atoms with Crippen LogP contribution in [-0.2, 0) is 4.79 Å². The summed E-state index contributed by atoms with van der Waals surface area (Å²) in [6, 6.07) is -0.510. The van der Waals surface area contributed by atoms with Gasteiger partial charge in [0.2, 0.25) is 5.91 Å². The summed E-state index contributed by atoms with van der Waals surface area (Å²) in [6.45, 7) is 3.24. The van der Waals surface area contributed by atoms with E-state index >= 15 is 0 Å². The Morgan fingerprint density at radius 3 is 2.50 bits per heavy atom. The van der Waals surface area contributed by atoms with Crippen molar-refractivity contribution in [2.45, 2.75) is 19.1 Å². The Hall–Kier alpha value is -0.820. The second-order valence-corrected chi connectivity index (χ2v) is 3.79. The maximum Gasteiger partial charge on any atom is 0.405 e. The monoisotopic (exact) mass is 239 g/mol. The van der Waals surface area contributed by atoms with Gasteiger partial charge < -0.3 is 10.6 Å². The number of alkyl halides is 3. The minimum Gasteiger partial charge on any atom is -0.346 e. The molecule has 0 radical (unpaired) electrons. The fourth-order valence-corrected chi connectivity index (χ4v) is 1.57. The molecular formula is C9H16F3N3O. The maximum absolute atomic E-state index is 11.9. The van der Waals surface area contributed by atoms with Gasteiger partial charge in [-0.3, -0.25) is 9.69 Å². The van der Waals surface area contributed by atoms with Gasteiger partial charge in [-0.05, 0) is 6.92 Å². The van der Waals surface area contributed by atoms with Gasteiger partial charge in [-0.25, -0.2) is 0 Å². The van der Waals surface area contributed by atoms with E-state index in [1.807, 2.05) is 10.2 Å². The summed E-state index contributed by atoms with van der Waals surface area (Å²) in [7, 11) is 0. The lowest BCUT2D eigenvalue weighted by molar-refractivity contribution is -0.141. The number of nitrogens with zero attached hydrogens (tertiary/aromatic N) is 1. The Bertz CT molecular complexity index is 239. The van der Waals surface area contributed by atoms with Gasteiger partial charge in [0.25, 0.3) is 0 Å². The van der Waals surface area contributed by atoms with Crippen molar-refractivity contribution in [3.63, 3.8) is 0 Å². The van der Waals surface area contributed by atoms with Crippen LogP contribution >= 0.6 is 0 Å². The van der Waals surface area contributed by atoms with Crippen molar-refractivity contribution in [1.29, 1.82) is 0 Å². The van der Waals surface area contributed by atoms with E-state index in [1.165, 1.54) is 0 Å². The van der Waals surface area contributed by atoms with E-state index in [9.17, 15) is 18.0 Å². The van der Waals surface area contributed by atoms with Gasteiger partial charge in [-0.2, -0.15) is 13.2 Å². The number of carbonyl (C=O) groups excluding carboxylic acids is 1. The number of carbonyl (C=O) groups is 1. The SMILES string of the molecule is CC(C(=O)NCC(F)(F)F)N1CCNCC1. The van der Waals surface area contributed by atoms with Crippen LogP contribution in [0.4, 0.5) is 13.2 Å². The van der Waals surface area contributed by atoms with Crippen LogP contribution in [-0.4, -0.2) is 55.7 Å². The third-order valence-electron chi connectivity index (χ3n) is 2.54. The molecule has 16 heavy (non-hydrogen) atoms. The van der Waals surface area contributed by atoms with Crippen molar-refractivity contribution in [3.8, 4) is 0 Å². The minimum atomic E-state index is -4.35. The first kappa shape index (κ1) is 13.2. The molecule has 0 aromatic carbocycles. The fraction of sp³-hybridized carbons (Fsp3) is 0.889. The molecule has 4 nitrogen and oxygen atoms in total. The van der Waals surface area contributed by atoms with Crippen molar-refractivity contribution in [2.24, 2.45) is 0 Å². The molecule has 2 N–H and O–H groups in total. The van der Waals surface area contributed by atoms with E-state index in [2.05, 4.69) is 5.32 Å². The molecule has 1 aliphatic heterocycles. The lowest BCUT2D eigenvalue weighted by Gasteiger charge is -2.31. The zero-order valence-corrected chi connectivity index (χ0v) is 9.10. The first-order chi connectivity index (χ1) is 7.40. The highest BCUT2D eigenvalue weighted by molar-refractivity contribution is 5.81. The summed E-state index contributed by atoms with van der Waals surface area (Å²) >= 11 is 0. The topological polar surface area (TPSA) is 44.4 Å². The lowest BCUT2D eigenvalue weighted by atomic mass is 10.2. The molecule has 1 amide bonds. The van der Waals surface area contributed by atoms with Crippen LogP contribution in [0.5, 0.6) is 0 Å². The number of nitrogens with one attached hydrogen (secondary N) is 2.